The van der Waals surface area contributed by atoms with Gasteiger partial charge in [-0.25, -0.2) is 18.7 Å². The molecule has 0 bridgehead atoms. The predicted molar refractivity (Wildman–Crippen MR) is 122 cm³/mol. The Hall–Kier alpha value is -3.17. The molecule has 0 radical (unpaired) electrons. The van der Waals surface area contributed by atoms with Crippen molar-refractivity contribution in [2.75, 3.05) is 5.75 Å². The highest BCUT2D eigenvalue weighted by atomic mass is 32.2. The van der Waals surface area contributed by atoms with Crippen LogP contribution in [0.1, 0.15) is 28.8 Å². The van der Waals surface area contributed by atoms with E-state index in [1.165, 1.54) is 36.5 Å². The molecular weight excluding hydrogens is 446 g/mol. The summed E-state index contributed by atoms with van der Waals surface area (Å²) in [6.07, 6.45) is 4.18. The summed E-state index contributed by atoms with van der Waals surface area (Å²) in [5.41, 5.74) is 0.115. The van der Waals surface area contributed by atoms with E-state index in [9.17, 15) is 14.3 Å². The van der Waals surface area contributed by atoms with Gasteiger partial charge in [0.05, 0.1) is 11.6 Å². The van der Waals surface area contributed by atoms with E-state index in [-0.39, 0.29) is 29.4 Å². The van der Waals surface area contributed by atoms with E-state index in [0.29, 0.717) is 28.5 Å². The number of aliphatic hydroxyl groups is 1. The Kier molecular flexibility index (Phi) is 5.67. The molecule has 3 aromatic rings. The highest BCUT2D eigenvalue weighted by molar-refractivity contribution is 8.13. The minimum Gasteiger partial charge on any atom is -0.393 e. The van der Waals surface area contributed by atoms with Crippen molar-refractivity contribution in [2.24, 2.45) is 10.9 Å². The fourth-order valence-corrected chi connectivity index (χ4v) is 5.78. The molecule has 1 aromatic heterocycles. The smallest absolute Gasteiger partial charge is 0.257 e. The lowest BCUT2D eigenvalue weighted by Crippen LogP contribution is -2.40. The number of carbonyl (C=O) groups excluding carboxylic acids is 1. The Balaban J connectivity index is 1.58. The topological polar surface area (TPSA) is 87.5 Å². The third-order valence-corrected chi connectivity index (χ3v) is 7.19. The van der Waals surface area contributed by atoms with Gasteiger partial charge in [-0.3, -0.25) is 9.79 Å². The van der Waals surface area contributed by atoms with Crippen molar-refractivity contribution in [1.29, 1.82) is 0 Å². The summed E-state index contributed by atoms with van der Waals surface area (Å²) in [6.45, 7) is 0. The molecule has 168 valence electrons. The Morgan fingerprint density at radius 2 is 1.88 bits per heavy atom. The van der Waals surface area contributed by atoms with Crippen LogP contribution in [0.3, 0.4) is 0 Å². The van der Waals surface area contributed by atoms with Crippen LogP contribution in [0.5, 0.6) is 0 Å². The Bertz CT molecular complexity index is 1230. The van der Waals surface area contributed by atoms with Crippen molar-refractivity contribution in [3.05, 3.63) is 83.9 Å². The molecule has 2 heterocycles. The van der Waals surface area contributed by atoms with Gasteiger partial charge in [0.15, 0.2) is 5.17 Å². The second-order valence-corrected chi connectivity index (χ2v) is 9.21. The Morgan fingerprint density at radius 3 is 2.64 bits per heavy atom. The number of aromatic nitrogens is 2. The van der Waals surface area contributed by atoms with Crippen LogP contribution in [-0.4, -0.2) is 38.0 Å². The zero-order valence-electron chi connectivity index (χ0n) is 17.4. The fourth-order valence-electron chi connectivity index (χ4n) is 4.62. The molecule has 3 unspecified atom stereocenters. The zero-order valence-corrected chi connectivity index (χ0v) is 18.2. The molecule has 33 heavy (non-hydrogen) atoms. The summed E-state index contributed by atoms with van der Waals surface area (Å²) in [7, 11) is 0. The zero-order chi connectivity index (χ0) is 23.0. The van der Waals surface area contributed by atoms with Crippen LogP contribution in [0.15, 0.2) is 66.2 Å². The van der Waals surface area contributed by atoms with E-state index < -0.39 is 23.3 Å². The molecule has 1 fully saturated rings. The van der Waals surface area contributed by atoms with Crippen molar-refractivity contribution in [3.63, 3.8) is 0 Å². The number of amides is 1. The maximum absolute atomic E-state index is 15.2. The number of amidine groups is 1. The quantitative estimate of drug-likeness (QED) is 0.611. The number of fused-ring (bicyclic) bond motifs is 1. The largest absolute Gasteiger partial charge is 0.393 e. The number of hydrogen-bond donors (Lipinski definition) is 2. The number of aliphatic imine (C=N–C) groups is 1. The number of hydrogen-bond acceptors (Lipinski definition) is 6. The van der Waals surface area contributed by atoms with Gasteiger partial charge >= 0.3 is 0 Å². The van der Waals surface area contributed by atoms with Crippen molar-refractivity contribution in [1.82, 2.24) is 15.3 Å². The number of rotatable bonds is 3. The summed E-state index contributed by atoms with van der Waals surface area (Å²) in [5.74, 6) is -1.43. The van der Waals surface area contributed by atoms with Crippen LogP contribution in [0.2, 0.25) is 0 Å². The van der Waals surface area contributed by atoms with Crippen LogP contribution in [0, 0.1) is 17.6 Å². The third-order valence-electron chi connectivity index (χ3n) is 6.15. The average Bonchev–Trinajstić information content (AvgIpc) is 3.16. The molecule has 2 aliphatic rings. The minimum absolute atomic E-state index is 0.157. The van der Waals surface area contributed by atoms with Gasteiger partial charge in [0.25, 0.3) is 5.91 Å². The molecule has 1 aliphatic heterocycles. The van der Waals surface area contributed by atoms with Gasteiger partial charge in [-0.2, -0.15) is 0 Å². The molecule has 1 saturated carbocycles. The lowest BCUT2D eigenvalue weighted by atomic mass is 9.80. The summed E-state index contributed by atoms with van der Waals surface area (Å²) in [6, 6.07) is 11.0. The number of nitrogens with zero attached hydrogens (tertiary/aromatic N) is 3. The molecule has 1 aliphatic carbocycles. The van der Waals surface area contributed by atoms with Crippen molar-refractivity contribution in [3.8, 4) is 11.1 Å². The third kappa shape index (κ3) is 4.02. The summed E-state index contributed by atoms with van der Waals surface area (Å²) in [4.78, 5) is 25.3. The van der Waals surface area contributed by atoms with Crippen LogP contribution in [0.4, 0.5) is 8.78 Å². The van der Waals surface area contributed by atoms with E-state index >= 15 is 4.39 Å². The Morgan fingerprint density at radius 1 is 1.12 bits per heavy atom. The summed E-state index contributed by atoms with van der Waals surface area (Å²) >= 11 is 1.36. The lowest BCUT2D eigenvalue weighted by molar-refractivity contribution is 0.0977. The number of aliphatic hydroxyl groups excluding tert-OH is 1. The van der Waals surface area contributed by atoms with Gasteiger partial charge in [-0.15, -0.1) is 0 Å². The van der Waals surface area contributed by atoms with Gasteiger partial charge < -0.3 is 10.4 Å². The predicted octanol–water partition coefficient (Wildman–Crippen LogP) is 3.92. The van der Waals surface area contributed by atoms with Gasteiger partial charge in [0, 0.05) is 58.8 Å². The highest BCUT2D eigenvalue weighted by Crippen LogP contribution is 2.52. The first-order valence-corrected chi connectivity index (χ1v) is 11.5. The second kappa shape index (κ2) is 8.64. The SMILES string of the molecule is O=C(NC1=NC2(c3cc(-c4cncnc4)c(F)cc3F)CC(O)CC2CS1)c1ccccc1. The normalized spacial score (nSPS) is 24.2. The van der Waals surface area contributed by atoms with E-state index in [1.54, 1.807) is 24.3 Å². The van der Waals surface area contributed by atoms with E-state index in [0.717, 1.165) is 6.07 Å². The number of thioether (sulfide) groups is 1. The van der Waals surface area contributed by atoms with Crippen LogP contribution in [0.25, 0.3) is 11.1 Å². The van der Waals surface area contributed by atoms with Crippen molar-refractivity contribution < 1.29 is 18.7 Å². The fraction of sp³-hybridized carbons (Fsp3) is 0.250. The van der Waals surface area contributed by atoms with E-state index in [2.05, 4.69) is 15.3 Å². The van der Waals surface area contributed by atoms with Gasteiger partial charge in [0.2, 0.25) is 0 Å². The van der Waals surface area contributed by atoms with Crippen LogP contribution in [-0.2, 0) is 5.54 Å². The molecule has 0 saturated heterocycles. The summed E-state index contributed by atoms with van der Waals surface area (Å²) in [5, 5.41) is 13.6. The highest BCUT2D eigenvalue weighted by Gasteiger charge is 2.52. The first-order valence-electron chi connectivity index (χ1n) is 10.5. The standard InChI is InChI=1S/C24H20F2N4O2S/c25-20-8-21(26)19(7-18(20)15-10-27-13-28-11-15)24-9-17(31)6-16(24)12-33-23(30-24)29-22(32)14-4-2-1-3-5-14/h1-5,7-8,10-11,13,16-17,31H,6,9,12H2,(H,29,30,32). The van der Waals surface area contributed by atoms with Gasteiger partial charge in [-0.1, -0.05) is 30.0 Å². The maximum atomic E-state index is 15.2. The lowest BCUT2D eigenvalue weighted by Gasteiger charge is -2.36. The molecular formula is C24H20F2N4O2S. The second-order valence-electron chi connectivity index (χ2n) is 8.20. The molecule has 2 N–H and O–H groups in total. The Labute approximate surface area is 193 Å². The number of carbonyl (C=O) groups is 1. The molecule has 2 aromatic carbocycles. The average molecular weight is 467 g/mol. The molecule has 0 spiro atoms. The van der Waals surface area contributed by atoms with Crippen molar-refractivity contribution in [2.45, 2.75) is 24.5 Å². The molecule has 9 heteroatoms. The maximum Gasteiger partial charge on any atom is 0.257 e. The number of nitrogens with one attached hydrogen (secondary N) is 1. The van der Waals surface area contributed by atoms with Crippen LogP contribution >= 0.6 is 11.8 Å². The first kappa shape index (κ1) is 21.7. The monoisotopic (exact) mass is 466 g/mol. The first-order chi connectivity index (χ1) is 16.0. The van der Waals surface area contributed by atoms with Gasteiger partial charge in [0.1, 0.15) is 18.0 Å². The molecule has 3 atom stereocenters. The molecule has 6 nitrogen and oxygen atoms in total. The number of benzene rings is 2. The van der Waals surface area contributed by atoms with Crippen molar-refractivity contribution >= 4 is 22.8 Å². The minimum atomic E-state index is -1.12. The van der Waals surface area contributed by atoms with E-state index in [1.807, 2.05) is 6.07 Å². The number of halogens is 2. The van der Waals surface area contributed by atoms with Crippen LogP contribution < -0.4 is 5.32 Å². The molecule has 1 amide bonds. The van der Waals surface area contributed by atoms with E-state index in [4.69, 9.17) is 4.99 Å². The summed E-state index contributed by atoms with van der Waals surface area (Å²) < 4.78 is 29.9. The van der Waals surface area contributed by atoms with Gasteiger partial charge in [-0.05, 0) is 24.6 Å². The molecule has 5 rings (SSSR count).